The van der Waals surface area contributed by atoms with Gasteiger partial charge in [-0.2, -0.15) is 5.10 Å². The minimum atomic E-state index is 0.549. The summed E-state index contributed by atoms with van der Waals surface area (Å²) in [6, 6.07) is 3.63. The summed E-state index contributed by atoms with van der Waals surface area (Å²) in [5.74, 6) is 0.792. The van der Waals surface area contributed by atoms with Gasteiger partial charge in [0.15, 0.2) is 16.9 Å². The van der Waals surface area contributed by atoms with Crippen molar-refractivity contribution in [1.82, 2.24) is 25.1 Å². The number of nitrogens with zero attached hydrogens (tertiary/aromatic N) is 5. The molecule has 1 aromatic carbocycles. The molecule has 3 rings (SSSR count). The molecule has 8 nitrogen and oxygen atoms in total. The Balaban J connectivity index is 1.72. The minimum absolute atomic E-state index is 0.549. The predicted octanol–water partition coefficient (Wildman–Crippen LogP) is 0.588. The Morgan fingerprint density at radius 1 is 1.32 bits per heavy atom. The Kier molecular flexibility index (Phi) is 2.75. The molecule has 0 aliphatic rings. The maximum Gasteiger partial charge on any atom is 0.160 e. The Bertz CT molecular complexity index is 702. The zero-order chi connectivity index (χ0) is 13.2. The van der Waals surface area contributed by atoms with Gasteiger partial charge in [-0.3, -0.25) is 4.68 Å². The van der Waals surface area contributed by atoms with Crippen molar-refractivity contribution in [1.29, 1.82) is 0 Å². The number of aryl methyl sites for hydroxylation is 1. The molecule has 0 atom stereocenters. The molecule has 3 N–H and O–H groups in total. The van der Waals surface area contributed by atoms with Crippen LogP contribution in [0.3, 0.4) is 0 Å². The van der Waals surface area contributed by atoms with E-state index in [2.05, 4.69) is 25.7 Å². The summed E-state index contributed by atoms with van der Waals surface area (Å²) in [7, 11) is 1.84. The van der Waals surface area contributed by atoms with Crippen LogP contribution < -0.4 is 11.1 Å². The molecule has 0 bridgehead atoms. The number of benzene rings is 1. The number of rotatable bonds is 4. The molecule has 0 radical (unpaired) electrons. The topological polar surface area (TPSA) is 108 Å². The number of hydrogen-bond acceptors (Lipinski definition) is 7. The average molecular weight is 259 g/mol. The summed E-state index contributed by atoms with van der Waals surface area (Å²) in [5.41, 5.74) is 8.37. The van der Waals surface area contributed by atoms with Gasteiger partial charge in [-0.15, -0.1) is 0 Å². The minimum Gasteiger partial charge on any atom is -0.397 e. The predicted molar refractivity (Wildman–Crippen MR) is 69.4 cm³/mol. The van der Waals surface area contributed by atoms with Crippen molar-refractivity contribution in [3.63, 3.8) is 0 Å². The van der Waals surface area contributed by atoms with Gasteiger partial charge < -0.3 is 11.1 Å². The summed E-state index contributed by atoms with van der Waals surface area (Å²) in [6.07, 6.45) is 2.40. The first-order valence-electron chi connectivity index (χ1n) is 5.83. The van der Waals surface area contributed by atoms with E-state index in [1.807, 2.05) is 13.1 Å². The fourth-order valence-electron chi connectivity index (χ4n) is 1.84. The molecule has 98 valence electrons. The van der Waals surface area contributed by atoms with Crippen molar-refractivity contribution in [3.05, 3.63) is 24.3 Å². The zero-order valence-corrected chi connectivity index (χ0v) is 10.4. The third-order valence-electron chi connectivity index (χ3n) is 2.76. The van der Waals surface area contributed by atoms with Crippen LogP contribution in [0.2, 0.25) is 0 Å². The number of fused-ring (bicyclic) bond motifs is 1. The average Bonchev–Trinajstić information content (AvgIpc) is 3.02. The summed E-state index contributed by atoms with van der Waals surface area (Å²) < 4.78 is 6.39. The van der Waals surface area contributed by atoms with E-state index in [1.54, 1.807) is 17.1 Å². The van der Waals surface area contributed by atoms with Crippen molar-refractivity contribution in [2.45, 2.75) is 6.42 Å². The van der Waals surface area contributed by atoms with Gasteiger partial charge in [0.05, 0.1) is 11.4 Å². The first-order valence-corrected chi connectivity index (χ1v) is 5.83. The molecular formula is C11H13N7O. The van der Waals surface area contributed by atoms with Crippen LogP contribution in [0.15, 0.2) is 23.1 Å². The third-order valence-corrected chi connectivity index (χ3v) is 2.76. The molecule has 19 heavy (non-hydrogen) atoms. The van der Waals surface area contributed by atoms with Gasteiger partial charge in [-0.05, 0) is 22.4 Å². The lowest BCUT2D eigenvalue weighted by Gasteiger charge is -2.05. The van der Waals surface area contributed by atoms with Crippen molar-refractivity contribution in [2.24, 2.45) is 7.05 Å². The zero-order valence-electron chi connectivity index (χ0n) is 10.4. The van der Waals surface area contributed by atoms with E-state index in [9.17, 15) is 0 Å². The highest BCUT2D eigenvalue weighted by atomic mass is 16.6. The second kappa shape index (κ2) is 4.56. The van der Waals surface area contributed by atoms with Gasteiger partial charge in [0.1, 0.15) is 6.33 Å². The number of anilines is 2. The highest BCUT2D eigenvalue weighted by molar-refractivity contribution is 5.94. The van der Waals surface area contributed by atoms with Crippen molar-refractivity contribution in [2.75, 3.05) is 17.6 Å². The van der Waals surface area contributed by atoms with Crippen LogP contribution in [0.5, 0.6) is 0 Å². The SMILES string of the molecule is Cn1cnc(CCNc2ccc(N)c3nonc23)n1. The van der Waals surface area contributed by atoms with Crippen molar-refractivity contribution < 1.29 is 4.63 Å². The maximum absolute atomic E-state index is 5.78. The Morgan fingerprint density at radius 2 is 2.16 bits per heavy atom. The lowest BCUT2D eigenvalue weighted by atomic mass is 10.2. The van der Waals surface area contributed by atoms with E-state index in [1.165, 1.54) is 0 Å². The van der Waals surface area contributed by atoms with Crippen molar-refractivity contribution >= 4 is 22.4 Å². The van der Waals surface area contributed by atoms with Gasteiger partial charge >= 0.3 is 0 Å². The highest BCUT2D eigenvalue weighted by Gasteiger charge is 2.09. The lowest BCUT2D eigenvalue weighted by Crippen LogP contribution is -2.07. The van der Waals surface area contributed by atoms with Gasteiger partial charge in [0.2, 0.25) is 0 Å². The van der Waals surface area contributed by atoms with Gasteiger partial charge in [0, 0.05) is 20.0 Å². The summed E-state index contributed by atoms with van der Waals surface area (Å²) >= 11 is 0. The van der Waals surface area contributed by atoms with E-state index in [0.29, 0.717) is 23.3 Å². The molecule has 2 aromatic heterocycles. The molecule has 3 aromatic rings. The Hall–Kier alpha value is -2.64. The monoisotopic (exact) mass is 259 g/mol. The summed E-state index contributed by atoms with van der Waals surface area (Å²) in [4.78, 5) is 4.16. The van der Waals surface area contributed by atoms with Crippen LogP contribution >= 0.6 is 0 Å². The molecule has 0 aliphatic carbocycles. The highest BCUT2D eigenvalue weighted by Crippen LogP contribution is 2.24. The lowest BCUT2D eigenvalue weighted by molar-refractivity contribution is 0.316. The van der Waals surface area contributed by atoms with Gasteiger partial charge in [-0.1, -0.05) is 0 Å². The van der Waals surface area contributed by atoms with Crippen LogP contribution in [0, 0.1) is 0 Å². The quantitative estimate of drug-likeness (QED) is 0.660. The van der Waals surface area contributed by atoms with E-state index in [0.717, 1.165) is 17.9 Å². The van der Waals surface area contributed by atoms with Crippen LogP contribution in [-0.2, 0) is 13.5 Å². The number of nitrogens with two attached hydrogens (primary N) is 1. The van der Waals surface area contributed by atoms with Crippen LogP contribution in [-0.4, -0.2) is 31.6 Å². The normalized spacial score (nSPS) is 11.0. The molecule has 0 aliphatic heterocycles. The smallest absolute Gasteiger partial charge is 0.160 e. The fourth-order valence-corrected chi connectivity index (χ4v) is 1.84. The molecule has 0 unspecified atom stereocenters. The largest absolute Gasteiger partial charge is 0.397 e. The Morgan fingerprint density at radius 3 is 2.95 bits per heavy atom. The standard InChI is InChI=1S/C11H13N7O/c1-18-6-14-9(15-18)4-5-13-8-3-2-7(12)10-11(8)17-19-16-10/h2-3,6,13H,4-5,12H2,1H3. The molecule has 0 amide bonds. The molecule has 0 spiro atoms. The molecule has 0 saturated heterocycles. The number of aromatic nitrogens is 5. The number of nitrogens with one attached hydrogen (secondary N) is 1. The molecule has 0 saturated carbocycles. The van der Waals surface area contributed by atoms with E-state index in [4.69, 9.17) is 10.4 Å². The molecular weight excluding hydrogens is 246 g/mol. The van der Waals surface area contributed by atoms with E-state index in [-0.39, 0.29) is 0 Å². The first-order chi connectivity index (χ1) is 9.24. The second-order valence-corrected chi connectivity index (χ2v) is 4.18. The second-order valence-electron chi connectivity index (χ2n) is 4.18. The summed E-state index contributed by atoms with van der Waals surface area (Å²) in [5, 5.41) is 15.1. The number of hydrogen-bond donors (Lipinski definition) is 2. The third kappa shape index (κ3) is 2.19. The van der Waals surface area contributed by atoms with Gasteiger partial charge in [-0.25, -0.2) is 9.61 Å². The van der Waals surface area contributed by atoms with Crippen LogP contribution in [0.25, 0.3) is 11.0 Å². The first kappa shape index (κ1) is 11.5. The van der Waals surface area contributed by atoms with Crippen LogP contribution in [0.1, 0.15) is 5.82 Å². The Labute approximate surface area is 108 Å². The van der Waals surface area contributed by atoms with E-state index < -0.39 is 0 Å². The van der Waals surface area contributed by atoms with E-state index >= 15 is 0 Å². The molecule has 8 heteroatoms. The fraction of sp³-hybridized carbons (Fsp3) is 0.273. The maximum atomic E-state index is 5.78. The van der Waals surface area contributed by atoms with Gasteiger partial charge in [0.25, 0.3) is 0 Å². The number of nitrogen functional groups attached to an aromatic ring is 1. The van der Waals surface area contributed by atoms with Crippen LogP contribution in [0.4, 0.5) is 11.4 Å². The van der Waals surface area contributed by atoms with Crippen molar-refractivity contribution in [3.8, 4) is 0 Å². The molecule has 0 fully saturated rings. The summed E-state index contributed by atoms with van der Waals surface area (Å²) in [6.45, 7) is 0.690. The molecule has 2 heterocycles.